The number of nitrogens with zero attached hydrogens (tertiary/aromatic N) is 1. The highest BCUT2D eigenvalue weighted by Gasteiger charge is 2.25. The van der Waals surface area contributed by atoms with Crippen LogP contribution in [0.15, 0.2) is 12.4 Å². The molecule has 0 spiro atoms. The van der Waals surface area contributed by atoms with E-state index in [0.717, 1.165) is 0 Å². The lowest BCUT2D eigenvalue weighted by atomic mass is 9.93. The lowest BCUT2D eigenvalue weighted by Crippen LogP contribution is -2.41. The first-order valence-corrected chi connectivity index (χ1v) is 18.8. The van der Waals surface area contributed by atoms with E-state index < -0.39 is 0 Å². The SMILES string of the molecule is CCCCCCCCCCCCCCC(CCCCCC)c1[nH]cc[n+]1C(C)CCCCCCCCCCCC. The molecule has 2 atom stereocenters. The lowest BCUT2D eigenvalue weighted by Gasteiger charge is -2.17. The topological polar surface area (TPSA) is 19.7 Å². The standard InChI is InChI=1S/C38H74N2/c1-5-8-11-14-16-18-20-21-23-25-27-30-33-37(32-29-13-10-7-3)38-39-34-35-40(38)36(4)31-28-26-24-22-19-17-15-12-9-6-2/h34-37H,5-33H2,1-4H3/p+1. The van der Waals surface area contributed by atoms with Gasteiger partial charge in [0.1, 0.15) is 12.4 Å². The third-order valence-electron chi connectivity index (χ3n) is 9.39. The highest BCUT2D eigenvalue weighted by Crippen LogP contribution is 2.27. The number of hydrogen-bond donors (Lipinski definition) is 1. The van der Waals surface area contributed by atoms with E-state index in [1.54, 1.807) is 0 Å². The largest absolute Gasteiger partial charge is 0.257 e. The summed E-state index contributed by atoms with van der Waals surface area (Å²) in [5.74, 6) is 2.24. The summed E-state index contributed by atoms with van der Waals surface area (Å²) in [4.78, 5) is 3.72. The number of nitrogens with one attached hydrogen (secondary N) is 1. The number of aromatic amines is 1. The second kappa shape index (κ2) is 28.3. The van der Waals surface area contributed by atoms with E-state index in [-0.39, 0.29) is 0 Å². The Kier molecular flexibility index (Phi) is 26.4. The molecule has 1 aromatic heterocycles. The van der Waals surface area contributed by atoms with Crippen LogP contribution in [-0.2, 0) is 0 Å². The minimum absolute atomic E-state index is 0.621. The van der Waals surface area contributed by atoms with Crippen molar-refractivity contribution in [3.05, 3.63) is 18.2 Å². The molecule has 0 aromatic carbocycles. The van der Waals surface area contributed by atoms with Crippen LogP contribution < -0.4 is 4.57 Å². The Morgan fingerprint density at radius 1 is 0.475 bits per heavy atom. The van der Waals surface area contributed by atoms with E-state index in [0.29, 0.717) is 12.0 Å². The van der Waals surface area contributed by atoms with Gasteiger partial charge in [-0.25, -0.2) is 9.55 Å². The summed E-state index contributed by atoms with van der Waals surface area (Å²) < 4.78 is 2.62. The van der Waals surface area contributed by atoms with Gasteiger partial charge in [0.25, 0.3) is 5.82 Å². The molecule has 1 aromatic rings. The van der Waals surface area contributed by atoms with E-state index in [1.807, 2.05) is 0 Å². The van der Waals surface area contributed by atoms with Crippen molar-refractivity contribution in [3.63, 3.8) is 0 Å². The van der Waals surface area contributed by atoms with Gasteiger partial charge in [-0.1, -0.05) is 181 Å². The Balaban J connectivity index is 2.33. The van der Waals surface area contributed by atoms with E-state index in [2.05, 4.69) is 49.6 Å². The Hall–Kier alpha value is -0.790. The second-order valence-electron chi connectivity index (χ2n) is 13.3. The molecule has 0 amide bonds. The molecule has 1 N–H and O–H groups in total. The first-order valence-electron chi connectivity index (χ1n) is 18.8. The molecule has 0 bridgehead atoms. The van der Waals surface area contributed by atoms with Crippen LogP contribution in [0.5, 0.6) is 0 Å². The van der Waals surface area contributed by atoms with Crippen LogP contribution in [0.4, 0.5) is 0 Å². The third kappa shape index (κ3) is 20.1. The van der Waals surface area contributed by atoms with Crippen LogP contribution in [0, 0.1) is 0 Å². The predicted octanol–water partition coefficient (Wildman–Crippen LogP) is 13.3. The molecular formula is C38H75N2+. The van der Waals surface area contributed by atoms with Crippen molar-refractivity contribution in [2.24, 2.45) is 0 Å². The maximum Gasteiger partial charge on any atom is 0.257 e. The van der Waals surface area contributed by atoms with Gasteiger partial charge in [0.15, 0.2) is 0 Å². The summed E-state index contributed by atoms with van der Waals surface area (Å²) >= 11 is 0. The smallest absolute Gasteiger partial charge is 0.247 e. The average Bonchev–Trinajstić information content (AvgIpc) is 3.45. The quantitative estimate of drug-likeness (QED) is 0.0689. The van der Waals surface area contributed by atoms with Crippen LogP contribution in [0.3, 0.4) is 0 Å². The zero-order valence-corrected chi connectivity index (χ0v) is 28.3. The first kappa shape index (κ1) is 37.2. The van der Waals surface area contributed by atoms with Crippen molar-refractivity contribution in [2.75, 3.05) is 0 Å². The molecule has 0 saturated carbocycles. The van der Waals surface area contributed by atoms with Gasteiger partial charge in [-0.15, -0.1) is 0 Å². The summed E-state index contributed by atoms with van der Waals surface area (Å²) in [7, 11) is 0. The molecule has 40 heavy (non-hydrogen) atoms. The van der Waals surface area contributed by atoms with Gasteiger partial charge in [0.2, 0.25) is 0 Å². The highest BCUT2D eigenvalue weighted by atomic mass is 15.1. The van der Waals surface area contributed by atoms with Gasteiger partial charge in [0, 0.05) is 0 Å². The van der Waals surface area contributed by atoms with E-state index >= 15 is 0 Å². The fourth-order valence-electron chi connectivity index (χ4n) is 6.60. The summed E-state index contributed by atoms with van der Waals surface area (Å²) in [6.45, 7) is 9.41. The molecule has 2 nitrogen and oxygen atoms in total. The number of hydrogen-bond acceptors (Lipinski definition) is 0. The summed E-state index contributed by atoms with van der Waals surface area (Å²) in [5, 5.41) is 0. The summed E-state index contributed by atoms with van der Waals surface area (Å²) in [6.07, 6.45) is 45.7. The molecule has 2 unspecified atom stereocenters. The fraction of sp³-hybridized carbons (Fsp3) is 0.921. The average molecular weight is 560 g/mol. The van der Waals surface area contributed by atoms with Crippen LogP contribution in [0.2, 0.25) is 0 Å². The van der Waals surface area contributed by atoms with E-state index in [4.69, 9.17) is 0 Å². The monoisotopic (exact) mass is 560 g/mol. The van der Waals surface area contributed by atoms with Gasteiger partial charge in [-0.3, -0.25) is 0 Å². The van der Waals surface area contributed by atoms with E-state index in [1.165, 1.54) is 192 Å². The molecular weight excluding hydrogens is 484 g/mol. The zero-order chi connectivity index (χ0) is 28.9. The van der Waals surface area contributed by atoms with E-state index in [9.17, 15) is 0 Å². The van der Waals surface area contributed by atoms with Crippen molar-refractivity contribution in [2.45, 2.75) is 226 Å². The van der Waals surface area contributed by atoms with Gasteiger partial charge in [-0.05, 0) is 32.6 Å². The zero-order valence-electron chi connectivity index (χ0n) is 28.3. The van der Waals surface area contributed by atoms with Crippen LogP contribution in [-0.4, -0.2) is 4.98 Å². The minimum Gasteiger partial charge on any atom is -0.247 e. The molecule has 1 rings (SSSR count). The number of imidazole rings is 1. The Bertz CT molecular complexity index is 621. The van der Waals surface area contributed by atoms with Crippen molar-refractivity contribution < 1.29 is 4.57 Å². The predicted molar refractivity (Wildman–Crippen MR) is 179 cm³/mol. The molecule has 0 aliphatic carbocycles. The Labute approximate surface area is 253 Å². The van der Waals surface area contributed by atoms with Crippen LogP contribution in [0.1, 0.15) is 232 Å². The number of rotatable bonds is 31. The molecule has 0 aliphatic rings. The molecule has 0 fully saturated rings. The van der Waals surface area contributed by atoms with Crippen LogP contribution >= 0.6 is 0 Å². The number of unbranched alkanes of at least 4 members (excludes halogenated alkanes) is 23. The second-order valence-corrected chi connectivity index (χ2v) is 13.3. The van der Waals surface area contributed by atoms with Gasteiger partial charge in [-0.2, -0.15) is 0 Å². The van der Waals surface area contributed by atoms with Crippen molar-refractivity contribution in [3.8, 4) is 0 Å². The molecule has 0 aliphatic heterocycles. The first-order chi connectivity index (χ1) is 19.7. The number of aromatic nitrogens is 2. The van der Waals surface area contributed by atoms with Crippen LogP contribution in [0.25, 0.3) is 0 Å². The van der Waals surface area contributed by atoms with Gasteiger partial charge >= 0.3 is 0 Å². The lowest BCUT2D eigenvalue weighted by molar-refractivity contribution is -0.727. The van der Waals surface area contributed by atoms with Crippen molar-refractivity contribution in [1.29, 1.82) is 0 Å². The van der Waals surface area contributed by atoms with Gasteiger partial charge < -0.3 is 0 Å². The third-order valence-corrected chi connectivity index (χ3v) is 9.39. The van der Waals surface area contributed by atoms with Crippen molar-refractivity contribution >= 4 is 0 Å². The van der Waals surface area contributed by atoms with Crippen molar-refractivity contribution in [1.82, 2.24) is 4.98 Å². The molecule has 236 valence electrons. The molecule has 0 radical (unpaired) electrons. The Morgan fingerprint density at radius 2 is 0.800 bits per heavy atom. The molecule has 0 saturated heterocycles. The minimum atomic E-state index is 0.621. The molecule has 2 heteroatoms. The maximum atomic E-state index is 3.72. The Morgan fingerprint density at radius 3 is 1.20 bits per heavy atom. The summed E-state index contributed by atoms with van der Waals surface area (Å²) in [6, 6.07) is 0.621. The highest BCUT2D eigenvalue weighted by molar-refractivity contribution is 4.90. The number of H-pyrrole nitrogens is 1. The normalized spacial score (nSPS) is 13.2. The summed E-state index contributed by atoms with van der Waals surface area (Å²) in [5.41, 5.74) is 0. The molecule has 1 heterocycles. The van der Waals surface area contributed by atoms with Gasteiger partial charge in [0.05, 0.1) is 12.0 Å². The fourth-order valence-corrected chi connectivity index (χ4v) is 6.60. The maximum absolute atomic E-state index is 3.72.